The summed E-state index contributed by atoms with van der Waals surface area (Å²) in [5.41, 5.74) is 4.30. The van der Waals surface area contributed by atoms with Crippen molar-refractivity contribution in [1.29, 1.82) is 0 Å². The van der Waals surface area contributed by atoms with Gasteiger partial charge in [0.2, 0.25) is 0 Å². The van der Waals surface area contributed by atoms with E-state index in [1.807, 2.05) is 54.7 Å². The Morgan fingerprint density at radius 3 is 2.66 bits per heavy atom. The van der Waals surface area contributed by atoms with E-state index in [1.165, 1.54) is 0 Å². The number of nitrogens with one attached hydrogen (secondary N) is 2. The maximum Gasteiger partial charge on any atom is 0.170 e. The molecule has 3 heterocycles. The van der Waals surface area contributed by atoms with E-state index in [9.17, 15) is 0 Å². The Morgan fingerprint density at radius 2 is 1.86 bits per heavy atom. The van der Waals surface area contributed by atoms with Crippen LogP contribution in [0, 0.1) is 0 Å². The van der Waals surface area contributed by atoms with Crippen molar-refractivity contribution in [3.63, 3.8) is 0 Å². The summed E-state index contributed by atoms with van der Waals surface area (Å²) in [6.07, 6.45) is 4.88. The molecule has 178 valence electrons. The van der Waals surface area contributed by atoms with E-state index in [0.29, 0.717) is 0 Å². The molecule has 1 aliphatic rings. The molecule has 1 aliphatic heterocycles. The van der Waals surface area contributed by atoms with Crippen LogP contribution in [0.25, 0.3) is 5.69 Å². The number of methoxy groups -OCH3 is 1. The number of hydrogen-bond acceptors (Lipinski definition) is 4. The summed E-state index contributed by atoms with van der Waals surface area (Å²) in [7, 11) is 1.69. The minimum absolute atomic E-state index is 0.00433. The second kappa shape index (κ2) is 10.6. The Morgan fingerprint density at radius 1 is 1.00 bits per heavy atom. The van der Waals surface area contributed by atoms with Crippen LogP contribution in [0.5, 0.6) is 5.75 Å². The van der Waals surface area contributed by atoms with Crippen molar-refractivity contribution < 1.29 is 4.74 Å². The number of aromatic nitrogens is 2. The second-order valence-electron chi connectivity index (χ2n) is 8.47. The summed E-state index contributed by atoms with van der Waals surface area (Å²) in [6, 6.07) is 28.6. The van der Waals surface area contributed by atoms with Crippen molar-refractivity contribution in [3.8, 4) is 11.4 Å². The van der Waals surface area contributed by atoms with Crippen LogP contribution in [0.4, 0.5) is 5.69 Å². The van der Waals surface area contributed by atoms with E-state index in [-0.39, 0.29) is 12.1 Å². The zero-order valence-electron chi connectivity index (χ0n) is 19.7. The maximum atomic E-state index is 5.85. The number of para-hydroxylation sites is 1. The van der Waals surface area contributed by atoms with Gasteiger partial charge in [-0.1, -0.05) is 30.3 Å². The third kappa shape index (κ3) is 5.00. The maximum absolute atomic E-state index is 5.85. The van der Waals surface area contributed by atoms with Crippen LogP contribution < -0.4 is 15.4 Å². The number of thiocarbonyl (C=S) groups is 1. The topological polar surface area (TPSA) is 54.4 Å². The van der Waals surface area contributed by atoms with Gasteiger partial charge in [0.25, 0.3) is 0 Å². The second-order valence-corrected chi connectivity index (χ2v) is 8.86. The standard InChI is InChI=1S/C28H29N5OS/c1-34-23-13-7-12-22(20-23)32-18-8-15-25(32)27-26(24-14-5-6-16-30-24)31-28(35)33(27)19-9-17-29-21-10-3-2-4-11-21/h2-8,10-16,18,20,26-27,29H,9,17,19H2,1H3,(H,31,35)/t26-,27-/m1/s1. The van der Waals surface area contributed by atoms with Gasteiger partial charge in [-0.2, -0.15) is 0 Å². The highest BCUT2D eigenvalue weighted by atomic mass is 32.1. The first-order valence-corrected chi connectivity index (χ1v) is 12.2. The summed E-state index contributed by atoms with van der Waals surface area (Å²) in [5.74, 6) is 0.826. The van der Waals surface area contributed by atoms with Crippen LogP contribution in [0.3, 0.4) is 0 Å². The quantitative estimate of drug-likeness (QED) is 0.247. The lowest BCUT2D eigenvalue weighted by Gasteiger charge is -2.29. The molecule has 2 aromatic carbocycles. The Balaban J connectivity index is 1.43. The fraction of sp³-hybridized carbons (Fsp3) is 0.214. The van der Waals surface area contributed by atoms with E-state index < -0.39 is 0 Å². The number of anilines is 1. The molecule has 0 bridgehead atoms. The summed E-state index contributed by atoms with van der Waals surface area (Å²) in [5, 5.41) is 7.81. The largest absolute Gasteiger partial charge is 0.497 e. The van der Waals surface area contributed by atoms with Crippen molar-refractivity contribution in [3.05, 3.63) is 109 Å². The lowest BCUT2D eigenvalue weighted by atomic mass is 10.0. The van der Waals surface area contributed by atoms with Crippen molar-refractivity contribution in [2.45, 2.75) is 18.5 Å². The number of ether oxygens (including phenoxy) is 1. The first-order valence-electron chi connectivity index (χ1n) is 11.8. The predicted molar refractivity (Wildman–Crippen MR) is 144 cm³/mol. The van der Waals surface area contributed by atoms with Crippen molar-refractivity contribution in [2.75, 3.05) is 25.5 Å². The minimum atomic E-state index is -0.0509. The third-order valence-electron chi connectivity index (χ3n) is 6.29. The molecule has 35 heavy (non-hydrogen) atoms. The van der Waals surface area contributed by atoms with Crippen LogP contribution >= 0.6 is 12.2 Å². The molecular formula is C28H29N5OS. The summed E-state index contributed by atoms with van der Waals surface area (Å²) < 4.78 is 7.69. The summed E-state index contributed by atoms with van der Waals surface area (Å²) in [6.45, 7) is 1.68. The molecule has 0 saturated carbocycles. The molecule has 0 amide bonds. The molecule has 4 aromatic rings. The Hall–Kier alpha value is -3.84. The molecule has 5 rings (SSSR count). The zero-order valence-corrected chi connectivity index (χ0v) is 20.5. The third-order valence-corrected chi connectivity index (χ3v) is 6.64. The molecule has 2 N–H and O–H groups in total. The van der Waals surface area contributed by atoms with E-state index in [0.717, 1.165) is 53.1 Å². The highest BCUT2D eigenvalue weighted by Gasteiger charge is 2.40. The Labute approximate surface area is 211 Å². The molecule has 0 unspecified atom stereocenters. The van der Waals surface area contributed by atoms with Gasteiger partial charge in [0, 0.05) is 48.6 Å². The van der Waals surface area contributed by atoms with Gasteiger partial charge in [0.15, 0.2) is 5.11 Å². The first-order chi connectivity index (χ1) is 17.2. The lowest BCUT2D eigenvalue weighted by molar-refractivity contribution is 0.307. The van der Waals surface area contributed by atoms with Gasteiger partial charge >= 0.3 is 0 Å². The van der Waals surface area contributed by atoms with Gasteiger partial charge < -0.3 is 24.8 Å². The summed E-state index contributed by atoms with van der Waals surface area (Å²) >= 11 is 5.85. The van der Waals surface area contributed by atoms with Crippen LogP contribution in [-0.4, -0.2) is 39.8 Å². The molecule has 7 heteroatoms. The SMILES string of the molecule is COc1cccc(-n2cccc2[C@@H]2[C@@H](c3ccccn3)NC(=S)N2CCCNc2ccccc2)c1. The van der Waals surface area contributed by atoms with Gasteiger partial charge in [-0.15, -0.1) is 0 Å². The fourth-order valence-corrected chi connectivity index (χ4v) is 4.97. The van der Waals surface area contributed by atoms with E-state index in [4.69, 9.17) is 17.0 Å². The lowest BCUT2D eigenvalue weighted by Crippen LogP contribution is -2.32. The Kier molecular flexibility index (Phi) is 6.95. The minimum Gasteiger partial charge on any atom is -0.497 e. The highest BCUT2D eigenvalue weighted by molar-refractivity contribution is 7.80. The molecule has 1 fully saturated rings. The fourth-order valence-electron chi connectivity index (χ4n) is 4.64. The van der Waals surface area contributed by atoms with E-state index in [2.05, 4.69) is 67.7 Å². The summed E-state index contributed by atoms with van der Waals surface area (Å²) in [4.78, 5) is 6.96. The first kappa shape index (κ1) is 22.9. The van der Waals surface area contributed by atoms with Crippen LogP contribution in [0.1, 0.15) is 29.9 Å². The highest BCUT2D eigenvalue weighted by Crippen LogP contribution is 2.39. The van der Waals surface area contributed by atoms with Crippen molar-refractivity contribution in [2.24, 2.45) is 0 Å². The number of pyridine rings is 1. The monoisotopic (exact) mass is 483 g/mol. The normalized spacial score (nSPS) is 17.3. The molecule has 0 radical (unpaired) electrons. The molecule has 0 spiro atoms. The Bertz CT molecular complexity index is 1260. The smallest absolute Gasteiger partial charge is 0.170 e. The van der Waals surface area contributed by atoms with Crippen LogP contribution in [0.15, 0.2) is 97.3 Å². The predicted octanol–water partition coefficient (Wildman–Crippen LogP) is 5.36. The van der Waals surface area contributed by atoms with Gasteiger partial charge in [0.05, 0.1) is 24.9 Å². The number of nitrogens with zero attached hydrogens (tertiary/aromatic N) is 3. The van der Waals surface area contributed by atoms with Gasteiger partial charge in [-0.3, -0.25) is 4.98 Å². The van der Waals surface area contributed by atoms with E-state index in [1.54, 1.807) is 7.11 Å². The number of benzene rings is 2. The molecule has 0 aliphatic carbocycles. The molecule has 2 aromatic heterocycles. The average Bonchev–Trinajstić information content (AvgIpc) is 3.52. The van der Waals surface area contributed by atoms with Crippen molar-refractivity contribution >= 4 is 23.0 Å². The van der Waals surface area contributed by atoms with Gasteiger partial charge in [-0.25, -0.2) is 0 Å². The zero-order chi connectivity index (χ0) is 24.0. The van der Waals surface area contributed by atoms with Gasteiger partial charge in [-0.05, 0) is 67.2 Å². The van der Waals surface area contributed by atoms with Crippen LogP contribution in [-0.2, 0) is 0 Å². The number of hydrogen-bond donors (Lipinski definition) is 2. The number of rotatable bonds is 9. The van der Waals surface area contributed by atoms with Crippen LogP contribution in [0.2, 0.25) is 0 Å². The average molecular weight is 484 g/mol. The van der Waals surface area contributed by atoms with E-state index >= 15 is 0 Å². The molecule has 6 nitrogen and oxygen atoms in total. The van der Waals surface area contributed by atoms with Gasteiger partial charge in [0.1, 0.15) is 5.75 Å². The molecule has 1 saturated heterocycles. The van der Waals surface area contributed by atoms with Crippen molar-refractivity contribution in [1.82, 2.24) is 19.8 Å². The molecule has 2 atom stereocenters. The molecular weight excluding hydrogens is 454 g/mol.